The van der Waals surface area contributed by atoms with E-state index in [1.165, 1.54) is 0 Å². The highest BCUT2D eigenvalue weighted by Crippen LogP contribution is 2.46. The molecule has 0 aromatic heterocycles. The maximum Gasteiger partial charge on any atom is 0.330 e. The van der Waals surface area contributed by atoms with Gasteiger partial charge in [-0.1, -0.05) is 26.7 Å². The smallest absolute Gasteiger partial charge is 0.330 e. The van der Waals surface area contributed by atoms with Crippen LogP contribution in [-0.4, -0.2) is 33.3 Å². The fraction of sp³-hybridized carbons (Fsp3) is 0.786. The van der Waals surface area contributed by atoms with E-state index in [0.717, 1.165) is 17.7 Å². The SMILES string of the molecule is CCC1(CC)CC(=O)N(C2(C(=O)O)CCCC2)C1=O. The van der Waals surface area contributed by atoms with E-state index >= 15 is 0 Å². The number of likely N-dealkylation sites (tertiary alicyclic amines) is 1. The molecule has 1 aliphatic carbocycles. The Hall–Kier alpha value is -1.39. The standard InChI is InChI=1S/C14H21NO4/c1-3-13(4-2)9-10(16)15(11(13)17)14(12(18)19)7-5-6-8-14/h3-9H2,1-2H3,(H,18,19). The van der Waals surface area contributed by atoms with Gasteiger partial charge in [0.1, 0.15) is 5.54 Å². The number of hydrogen-bond acceptors (Lipinski definition) is 3. The van der Waals surface area contributed by atoms with Crippen molar-refractivity contribution in [3.8, 4) is 0 Å². The minimum absolute atomic E-state index is 0.161. The molecule has 1 saturated heterocycles. The number of carbonyl (C=O) groups excluding carboxylic acids is 2. The lowest BCUT2D eigenvalue weighted by Crippen LogP contribution is -2.56. The molecule has 2 amide bonds. The first-order chi connectivity index (χ1) is 8.93. The van der Waals surface area contributed by atoms with Crippen molar-refractivity contribution in [1.82, 2.24) is 4.90 Å². The summed E-state index contributed by atoms with van der Waals surface area (Å²) in [5, 5.41) is 9.53. The van der Waals surface area contributed by atoms with Gasteiger partial charge in [-0.25, -0.2) is 4.79 Å². The van der Waals surface area contributed by atoms with Crippen LogP contribution in [0.15, 0.2) is 0 Å². The highest BCUT2D eigenvalue weighted by Gasteiger charge is 2.59. The van der Waals surface area contributed by atoms with E-state index < -0.39 is 16.9 Å². The number of carbonyl (C=O) groups is 3. The Kier molecular flexibility index (Phi) is 3.41. The third-order valence-electron chi connectivity index (χ3n) is 5.01. The summed E-state index contributed by atoms with van der Waals surface area (Å²) in [6, 6.07) is 0. The Morgan fingerprint density at radius 1 is 1.21 bits per heavy atom. The summed E-state index contributed by atoms with van der Waals surface area (Å²) in [7, 11) is 0. The number of rotatable bonds is 4. The zero-order valence-corrected chi connectivity index (χ0v) is 11.6. The number of amides is 2. The molecule has 0 spiro atoms. The molecule has 0 aromatic rings. The molecule has 1 aliphatic heterocycles. The van der Waals surface area contributed by atoms with Gasteiger partial charge in [0.05, 0.1) is 5.41 Å². The van der Waals surface area contributed by atoms with Crippen LogP contribution in [0.2, 0.25) is 0 Å². The van der Waals surface area contributed by atoms with Gasteiger partial charge in [-0.2, -0.15) is 0 Å². The van der Waals surface area contributed by atoms with Crippen LogP contribution < -0.4 is 0 Å². The van der Waals surface area contributed by atoms with E-state index in [2.05, 4.69) is 0 Å². The number of nitrogens with zero attached hydrogens (tertiary/aromatic N) is 1. The van der Waals surface area contributed by atoms with Crippen molar-refractivity contribution in [1.29, 1.82) is 0 Å². The van der Waals surface area contributed by atoms with Crippen molar-refractivity contribution in [2.45, 2.75) is 64.3 Å². The molecule has 0 bridgehead atoms. The van der Waals surface area contributed by atoms with Crippen molar-refractivity contribution >= 4 is 17.8 Å². The molecule has 1 saturated carbocycles. The molecule has 2 fully saturated rings. The van der Waals surface area contributed by atoms with E-state index in [0.29, 0.717) is 25.7 Å². The maximum absolute atomic E-state index is 12.6. The van der Waals surface area contributed by atoms with Crippen molar-refractivity contribution in [2.24, 2.45) is 5.41 Å². The van der Waals surface area contributed by atoms with Crippen molar-refractivity contribution in [3.63, 3.8) is 0 Å². The fourth-order valence-electron chi connectivity index (χ4n) is 3.52. The van der Waals surface area contributed by atoms with Gasteiger partial charge in [-0.3, -0.25) is 14.5 Å². The maximum atomic E-state index is 12.6. The van der Waals surface area contributed by atoms with Crippen LogP contribution >= 0.6 is 0 Å². The van der Waals surface area contributed by atoms with Gasteiger partial charge < -0.3 is 5.11 Å². The summed E-state index contributed by atoms with van der Waals surface area (Å²) in [6.07, 6.45) is 3.63. The Bertz CT molecular complexity index is 419. The van der Waals surface area contributed by atoms with Crippen LogP contribution in [-0.2, 0) is 14.4 Å². The van der Waals surface area contributed by atoms with E-state index in [1.54, 1.807) is 0 Å². The first-order valence-corrected chi connectivity index (χ1v) is 7.04. The van der Waals surface area contributed by atoms with Gasteiger partial charge in [-0.15, -0.1) is 0 Å². The van der Waals surface area contributed by atoms with E-state index in [1.807, 2.05) is 13.8 Å². The molecule has 2 rings (SSSR count). The van der Waals surface area contributed by atoms with E-state index in [9.17, 15) is 19.5 Å². The van der Waals surface area contributed by atoms with Crippen molar-refractivity contribution in [2.75, 3.05) is 0 Å². The molecule has 0 radical (unpaired) electrons. The Morgan fingerprint density at radius 2 is 1.74 bits per heavy atom. The van der Waals surface area contributed by atoms with Crippen molar-refractivity contribution < 1.29 is 19.5 Å². The van der Waals surface area contributed by atoms with Gasteiger partial charge >= 0.3 is 5.97 Å². The molecule has 0 unspecified atom stereocenters. The van der Waals surface area contributed by atoms with Crippen LogP contribution in [0.5, 0.6) is 0 Å². The molecule has 1 N–H and O–H groups in total. The topological polar surface area (TPSA) is 74.7 Å². The minimum Gasteiger partial charge on any atom is -0.479 e. The minimum atomic E-state index is -1.28. The zero-order valence-electron chi connectivity index (χ0n) is 11.6. The summed E-state index contributed by atoms with van der Waals surface area (Å²) in [6.45, 7) is 3.78. The predicted molar refractivity (Wildman–Crippen MR) is 68.3 cm³/mol. The summed E-state index contributed by atoms with van der Waals surface area (Å²) in [4.78, 5) is 37.6. The highest BCUT2D eigenvalue weighted by atomic mass is 16.4. The van der Waals surface area contributed by atoms with Crippen LogP contribution in [0.3, 0.4) is 0 Å². The normalized spacial score (nSPS) is 25.1. The van der Waals surface area contributed by atoms with Crippen LogP contribution in [0.25, 0.3) is 0 Å². The summed E-state index contributed by atoms with van der Waals surface area (Å²) < 4.78 is 0. The van der Waals surface area contributed by atoms with Gasteiger partial charge in [0.25, 0.3) is 0 Å². The first-order valence-electron chi connectivity index (χ1n) is 7.04. The second-order valence-corrected chi connectivity index (χ2v) is 5.74. The monoisotopic (exact) mass is 267 g/mol. The van der Waals surface area contributed by atoms with Crippen LogP contribution in [0.4, 0.5) is 0 Å². The van der Waals surface area contributed by atoms with Gasteiger partial charge in [0, 0.05) is 6.42 Å². The van der Waals surface area contributed by atoms with Crippen LogP contribution in [0, 0.1) is 5.41 Å². The van der Waals surface area contributed by atoms with Crippen LogP contribution in [0.1, 0.15) is 58.8 Å². The van der Waals surface area contributed by atoms with Gasteiger partial charge in [-0.05, 0) is 25.7 Å². The quantitative estimate of drug-likeness (QED) is 0.790. The molecule has 19 heavy (non-hydrogen) atoms. The third-order valence-corrected chi connectivity index (χ3v) is 5.01. The lowest BCUT2D eigenvalue weighted by atomic mass is 9.80. The summed E-state index contributed by atoms with van der Waals surface area (Å²) in [5.74, 6) is -1.61. The summed E-state index contributed by atoms with van der Waals surface area (Å²) in [5.41, 5.74) is -1.96. The lowest BCUT2D eigenvalue weighted by molar-refractivity contribution is -0.164. The molecular formula is C14H21NO4. The number of hydrogen-bond donors (Lipinski definition) is 1. The molecule has 0 aromatic carbocycles. The zero-order chi connectivity index (χ0) is 14.3. The van der Waals surface area contributed by atoms with Gasteiger partial charge in [0.2, 0.25) is 11.8 Å². The second kappa shape index (κ2) is 4.62. The third kappa shape index (κ3) is 1.78. The first kappa shape index (κ1) is 14.0. The molecule has 5 heteroatoms. The summed E-state index contributed by atoms with van der Waals surface area (Å²) >= 11 is 0. The largest absolute Gasteiger partial charge is 0.479 e. The molecule has 5 nitrogen and oxygen atoms in total. The highest BCUT2D eigenvalue weighted by molar-refractivity contribution is 6.09. The van der Waals surface area contributed by atoms with E-state index in [-0.39, 0.29) is 18.2 Å². The molecular weight excluding hydrogens is 246 g/mol. The van der Waals surface area contributed by atoms with Crippen molar-refractivity contribution in [3.05, 3.63) is 0 Å². The second-order valence-electron chi connectivity index (χ2n) is 5.74. The number of imide groups is 1. The average Bonchev–Trinajstić information content (AvgIpc) is 2.94. The molecule has 1 heterocycles. The Labute approximate surface area is 113 Å². The average molecular weight is 267 g/mol. The Balaban J connectivity index is 2.42. The fourth-order valence-corrected chi connectivity index (χ4v) is 3.52. The predicted octanol–water partition coefficient (Wildman–Crippen LogP) is 1.95. The molecule has 2 aliphatic rings. The van der Waals surface area contributed by atoms with Gasteiger partial charge in [0.15, 0.2) is 0 Å². The Morgan fingerprint density at radius 3 is 2.11 bits per heavy atom. The number of carboxylic acid groups (broad SMARTS) is 1. The molecule has 0 atom stereocenters. The number of aliphatic carboxylic acids is 1. The lowest BCUT2D eigenvalue weighted by Gasteiger charge is -2.34. The molecule has 106 valence electrons. The van der Waals surface area contributed by atoms with E-state index in [4.69, 9.17) is 0 Å². The number of carboxylic acids is 1.